The first kappa shape index (κ1) is 9.39. The Labute approximate surface area is 74.8 Å². The summed E-state index contributed by atoms with van der Waals surface area (Å²) in [5.74, 6) is 0. The molecule has 3 nitrogen and oxygen atoms in total. The van der Waals surface area contributed by atoms with Gasteiger partial charge in [0.05, 0.1) is 6.67 Å². The molecule has 0 aromatic heterocycles. The Morgan fingerprint density at radius 2 is 1.92 bits per heavy atom. The average Bonchev–Trinajstić information content (AvgIpc) is 2.50. The summed E-state index contributed by atoms with van der Waals surface area (Å²) in [7, 11) is 0. The lowest BCUT2D eigenvalue weighted by molar-refractivity contribution is 0.267. The van der Waals surface area contributed by atoms with E-state index in [1.807, 2.05) is 0 Å². The molecule has 0 saturated heterocycles. The minimum Gasteiger partial charge on any atom is -0.359 e. The van der Waals surface area contributed by atoms with E-state index in [-0.39, 0.29) is 0 Å². The Morgan fingerprint density at radius 3 is 2.50 bits per heavy atom. The Bertz CT molecular complexity index is 145. The van der Waals surface area contributed by atoms with E-state index in [1.54, 1.807) is 0 Å². The monoisotopic (exact) mass is 169 g/mol. The van der Waals surface area contributed by atoms with Gasteiger partial charge in [-0.2, -0.15) is 0 Å². The van der Waals surface area contributed by atoms with Crippen molar-refractivity contribution in [1.82, 2.24) is 9.80 Å². The summed E-state index contributed by atoms with van der Waals surface area (Å²) in [4.78, 5) is 4.58. The molecule has 2 N–H and O–H groups in total. The predicted molar refractivity (Wildman–Crippen MR) is 51.4 cm³/mol. The molecule has 0 atom stereocenters. The van der Waals surface area contributed by atoms with Crippen LogP contribution in [0.15, 0.2) is 12.4 Å². The summed E-state index contributed by atoms with van der Waals surface area (Å²) in [5.41, 5.74) is 5.46. The first-order valence-corrected chi connectivity index (χ1v) is 4.73. The molecule has 1 aliphatic rings. The van der Waals surface area contributed by atoms with Crippen molar-refractivity contribution < 1.29 is 0 Å². The number of nitrogens with zero attached hydrogens (tertiary/aromatic N) is 2. The summed E-state index contributed by atoms with van der Waals surface area (Å²) >= 11 is 0. The van der Waals surface area contributed by atoms with E-state index >= 15 is 0 Å². The lowest BCUT2D eigenvalue weighted by Gasteiger charge is -2.20. The van der Waals surface area contributed by atoms with Crippen LogP contribution in [0.2, 0.25) is 0 Å². The summed E-state index contributed by atoms with van der Waals surface area (Å²) < 4.78 is 0. The van der Waals surface area contributed by atoms with Crippen molar-refractivity contribution in [2.24, 2.45) is 5.73 Å². The lowest BCUT2D eigenvalue weighted by Crippen LogP contribution is -2.29. The molecule has 1 rings (SSSR count). The smallest absolute Gasteiger partial charge is 0.0894 e. The molecular weight excluding hydrogens is 150 g/mol. The molecule has 70 valence electrons. The minimum absolute atomic E-state index is 0.742. The highest BCUT2D eigenvalue weighted by Gasteiger charge is 2.09. The third-order valence-electron chi connectivity index (χ3n) is 2.07. The summed E-state index contributed by atoms with van der Waals surface area (Å²) in [6, 6.07) is 0. The average molecular weight is 169 g/mol. The molecule has 1 heterocycles. The van der Waals surface area contributed by atoms with Crippen molar-refractivity contribution >= 4 is 0 Å². The lowest BCUT2D eigenvalue weighted by atomic mass is 10.3. The zero-order valence-electron chi connectivity index (χ0n) is 7.87. The molecular formula is C9H19N3. The molecule has 0 spiro atoms. The minimum atomic E-state index is 0.742. The van der Waals surface area contributed by atoms with Gasteiger partial charge in [-0.1, -0.05) is 13.3 Å². The molecule has 3 heteroatoms. The fraction of sp³-hybridized carbons (Fsp3) is 0.778. The van der Waals surface area contributed by atoms with Crippen LogP contribution >= 0.6 is 0 Å². The molecule has 0 fully saturated rings. The van der Waals surface area contributed by atoms with Crippen LogP contribution in [0.3, 0.4) is 0 Å². The molecule has 0 unspecified atom stereocenters. The number of hydrogen-bond donors (Lipinski definition) is 1. The second kappa shape index (κ2) is 5.04. The third-order valence-corrected chi connectivity index (χ3v) is 2.07. The van der Waals surface area contributed by atoms with Crippen LogP contribution in [0.25, 0.3) is 0 Å². The van der Waals surface area contributed by atoms with Crippen molar-refractivity contribution in [2.45, 2.75) is 19.8 Å². The number of rotatable bonds is 5. The topological polar surface area (TPSA) is 32.5 Å². The van der Waals surface area contributed by atoms with Gasteiger partial charge in [-0.15, -0.1) is 0 Å². The normalized spacial score (nSPS) is 16.2. The van der Waals surface area contributed by atoms with Crippen molar-refractivity contribution in [3.63, 3.8) is 0 Å². The maximum atomic E-state index is 5.46. The van der Waals surface area contributed by atoms with Crippen molar-refractivity contribution in [3.8, 4) is 0 Å². The van der Waals surface area contributed by atoms with Crippen LogP contribution in [0, 0.1) is 0 Å². The van der Waals surface area contributed by atoms with Crippen molar-refractivity contribution in [3.05, 3.63) is 12.4 Å². The number of nitrogens with two attached hydrogens (primary N) is 1. The first-order valence-electron chi connectivity index (χ1n) is 4.73. The second-order valence-corrected chi connectivity index (χ2v) is 3.21. The van der Waals surface area contributed by atoms with Gasteiger partial charge in [0.15, 0.2) is 0 Å². The van der Waals surface area contributed by atoms with E-state index < -0.39 is 0 Å². The fourth-order valence-corrected chi connectivity index (χ4v) is 1.33. The second-order valence-electron chi connectivity index (χ2n) is 3.21. The largest absolute Gasteiger partial charge is 0.359 e. The van der Waals surface area contributed by atoms with E-state index in [4.69, 9.17) is 5.73 Å². The quantitative estimate of drug-likeness (QED) is 0.660. The standard InChI is InChI=1S/C9H19N3/c1-2-3-5-11-7-8-12(9-11)6-4-10/h7-8H,2-6,9-10H2,1H3. The predicted octanol–water partition coefficient (Wildman–Crippen LogP) is 0.791. The molecule has 0 saturated carbocycles. The maximum Gasteiger partial charge on any atom is 0.0894 e. The van der Waals surface area contributed by atoms with Gasteiger partial charge in [0, 0.05) is 32.0 Å². The van der Waals surface area contributed by atoms with Crippen LogP contribution in [0.1, 0.15) is 19.8 Å². The van der Waals surface area contributed by atoms with Gasteiger partial charge in [-0.05, 0) is 6.42 Å². The van der Waals surface area contributed by atoms with Crippen LogP contribution in [-0.4, -0.2) is 36.1 Å². The van der Waals surface area contributed by atoms with Gasteiger partial charge in [-0.3, -0.25) is 0 Å². The van der Waals surface area contributed by atoms with E-state index in [0.29, 0.717) is 0 Å². The fourth-order valence-electron chi connectivity index (χ4n) is 1.33. The van der Waals surface area contributed by atoms with Gasteiger partial charge in [0.2, 0.25) is 0 Å². The number of unbranched alkanes of at least 4 members (excludes halogenated alkanes) is 1. The molecule has 12 heavy (non-hydrogen) atoms. The summed E-state index contributed by atoms with van der Waals surface area (Å²) in [5, 5.41) is 0. The van der Waals surface area contributed by atoms with Gasteiger partial charge < -0.3 is 15.5 Å². The van der Waals surface area contributed by atoms with Crippen LogP contribution < -0.4 is 5.73 Å². The third kappa shape index (κ3) is 2.74. The highest BCUT2D eigenvalue weighted by atomic mass is 15.3. The molecule has 0 aliphatic carbocycles. The zero-order chi connectivity index (χ0) is 8.81. The summed E-state index contributed by atoms with van der Waals surface area (Å²) in [6.07, 6.45) is 6.83. The van der Waals surface area contributed by atoms with Gasteiger partial charge >= 0.3 is 0 Å². The molecule has 1 aliphatic heterocycles. The Balaban J connectivity index is 2.14. The highest BCUT2D eigenvalue weighted by molar-refractivity contribution is 4.90. The zero-order valence-corrected chi connectivity index (χ0v) is 7.87. The van der Waals surface area contributed by atoms with Crippen molar-refractivity contribution in [2.75, 3.05) is 26.3 Å². The van der Waals surface area contributed by atoms with Crippen LogP contribution in [0.5, 0.6) is 0 Å². The maximum absolute atomic E-state index is 5.46. The van der Waals surface area contributed by atoms with Crippen LogP contribution in [0.4, 0.5) is 0 Å². The molecule has 0 aromatic rings. The van der Waals surface area contributed by atoms with Crippen LogP contribution in [-0.2, 0) is 0 Å². The van der Waals surface area contributed by atoms with Gasteiger partial charge in [-0.25, -0.2) is 0 Å². The Hall–Kier alpha value is -0.700. The van der Waals surface area contributed by atoms with E-state index in [0.717, 1.165) is 19.8 Å². The van der Waals surface area contributed by atoms with Gasteiger partial charge in [0.25, 0.3) is 0 Å². The molecule has 0 radical (unpaired) electrons. The van der Waals surface area contributed by atoms with Gasteiger partial charge in [0.1, 0.15) is 0 Å². The van der Waals surface area contributed by atoms with E-state index in [9.17, 15) is 0 Å². The molecule has 0 aromatic carbocycles. The Kier molecular flexibility index (Phi) is 3.94. The SMILES string of the molecule is CCCCN1C=CN(CCN)C1. The first-order chi connectivity index (χ1) is 5.86. The van der Waals surface area contributed by atoms with Crippen molar-refractivity contribution in [1.29, 1.82) is 0 Å². The number of hydrogen-bond acceptors (Lipinski definition) is 3. The highest BCUT2D eigenvalue weighted by Crippen LogP contribution is 2.06. The molecule has 0 amide bonds. The Morgan fingerprint density at radius 1 is 1.25 bits per heavy atom. The molecule has 0 bridgehead atoms. The van der Waals surface area contributed by atoms with E-state index in [1.165, 1.54) is 19.4 Å². The summed E-state index contributed by atoms with van der Waals surface area (Å²) in [6.45, 7) is 6.13. The van der Waals surface area contributed by atoms with E-state index in [2.05, 4.69) is 29.1 Å².